The lowest BCUT2D eigenvalue weighted by molar-refractivity contribution is 0.0701. The van der Waals surface area contributed by atoms with Crippen molar-refractivity contribution in [3.63, 3.8) is 0 Å². The average Bonchev–Trinajstić information content (AvgIpc) is 2.82. The highest BCUT2D eigenvalue weighted by molar-refractivity contribution is 7.21. The first-order valence-electron chi connectivity index (χ1n) is 6.60. The van der Waals surface area contributed by atoms with E-state index in [1.54, 1.807) is 0 Å². The van der Waals surface area contributed by atoms with E-state index < -0.39 is 5.97 Å². The molecule has 0 spiro atoms. The molecule has 20 heavy (non-hydrogen) atoms. The molecule has 1 aromatic carbocycles. The Balaban J connectivity index is 2.30. The molecule has 0 radical (unpaired) electrons. The first-order valence-corrected chi connectivity index (χ1v) is 7.42. The summed E-state index contributed by atoms with van der Waals surface area (Å²) in [7, 11) is 0. The highest BCUT2D eigenvalue weighted by atomic mass is 32.1. The molecule has 1 heterocycles. The maximum absolute atomic E-state index is 11.4. The van der Waals surface area contributed by atoms with Crippen molar-refractivity contribution in [1.29, 1.82) is 0 Å². The zero-order chi connectivity index (χ0) is 14.5. The predicted octanol–water partition coefficient (Wildman–Crippen LogP) is 3.49. The van der Waals surface area contributed by atoms with Crippen molar-refractivity contribution in [3.8, 4) is 12.3 Å². The number of hydrogen-bond acceptors (Lipinski definition) is 3. The van der Waals surface area contributed by atoms with Crippen molar-refractivity contribution in [2.75, 3.05) is 0 Å². The summed E-state index contributed by atoms with van der Waals surface area (Å²) in [5.74, 6) is 1.83. The second-order valence-electron chi connectivity index (χ2n) is 4.60. The summed E-state index contributed by atoms with van der Waals surface area (Å²) < 4.78 is 0.995. The number of terminal acetylenes is 1. The minimum atomic E-state index is -0.879. The molecule has 0 saturated carbocycles. The fourth-order valence-corrected chi connectivity index (χ4v) is 3.27. The summed E-state index contributed by atoms with van der Waals surface area (Å²) in [6.45, 7) is 2.56. The molecule has 2 aromatic rings. The molecule has 0 aliphatic heterocycles. The zero-order valence-corrected chi connectivity index (χ0v) is 12.2. The van der Waals surface area contributed by atoms with Crippen molar-refractivity contribution in [2.45, 2.75) is 32.4 Å². The van der Waals surface area contributed by atoms with Crippen LogP contribution in [0.3, 0.4) is 0 Å². The molecule has 0 amide bonds. The van der Waals surface area contributed by atoms with Gasteiger partial charge < -0.3 is 5.11 Å². The molecule has 2 N–H and O–H groups in total. The van der Waals surface area contributed by atoms with Crippen LogP contribution in [-0.2, 0) is 6.54 Å². The van der Waals surface area contributed by atoms with E-state index in [-0.39, 0.29) is 6.04 Å². The number of benzene rings is 1. The van der Waals surface area contributed by atoms with Gasteiger partial charge in [0.05, 0.1) is 6.04 Å². The van der Waals surface area contributed by atoms with Gasteiger partial charge in [-0.1, -0.05) is 37.5 Å². The van der Waals surface area contributed by atoms with E-state index in [1.807, 2.05) is 24.3 Å². The van der Waals surface area contributed by atoms with Crippen molar-refractivity contribution < 1.29 is 9.90 Å². The second kappa shape index (κ2) is 6.56. The lowest BCUT2D eigenvalue weighted by Crippen LogP contribution is -2.27. The number of carbonyl (C=O) groups is 1. The molecule has 4 heteroatoms. The van der Waals surface area contributed by atoms with Crippen LogP contribution in [0.2, 0.25) is 0 Å². The third-order valence-electron chi connectivity index (χ3n) is 3.20. The molecule has 104 valence electrons. The number of aromatic carboxylic acids is 1. The molecule has 0 saturated heterocycles. The van der Waals surface area contributed by atoms with Crippen LogP contribution in [0.25, 0.3) is 10.1 Å². The summed E-state index contributed by atoms with van der Waals surface area (Å²) >= 11 is 1.31. The highest BCUT2D eigenvalue weighted by Gasteiger charge is 2.17. The van der Waals surface area contributed by atoms with Crippen LogP contribution in [0, 0.1) is 12.3 Å². The van der Waals surface area contributed by atoms with Gasteiger partial charge in [0.15, 0.2) is 0 Å². The molecule has 1 unspecified atom stereocenters. The molecule has 3 nitrogen and oxygen atoms in total. The Morgan fingerprint density at radius 2 is 2.25 bits per heavy atom. The summed E-state index contributed by atoms with van der Waals surface area (Å²) in [5.41, 5.74) is 0.828. The van der Waals surface area contributed by atoms with Gasteiger partial charge in [0, 0.05) is 11.2 Å². The third kappa shape index (κ3) is 3.01. The number of thiophene rings is 1. The number of fused-ring (bicyclic) bond motifs is 1. The van der Waals surface area contributed by atoms with Crippen LogP contribution >= 0.6 is 11.3 Å². The van der Waals surface area contributed by atoms with Crippen molar-refractivity contribution in [3.05, 3.63) is 34.7 Å². The Labute approximate surface area is 122 Å². The topological polar surface area (TPSA) is 49.3 Å². The summed E-state index contributed by atoms with van der Waals surface area (Å²) in [6.07, 6.45) is 7.37. The van der Waals surface area contributed by atoms with Crippen LogP contribution in [0.4, 0.5) is 0 Å². The molecule has 2 rings (SSSR count). The van der Waals surface area contributed by atoms with Gasteiger partial charge in [-0.15, -0.1) is 17.8 Å². The molecule has 0 bridgehead atoms. The van der Waals surface area contributed by atoms with Crippen molar-refractivity contribution in [1.82, 2.24) is 5.32 Å². The van der Waals surface area contributed by atoms with Crippen LogP contribution in [0.15, 0.2) is 24.3 Å². The van der Waals surface area contributed by atoms with Gasteiger partial charge >= 0.3 is 5.97 Å². The second-order valence-corrected chi connectivity index (χ2v) is 5.65. The van der Waals surface area contributed by atoms with Gasteiger partial charge in [-0.2, -0.15) is 0 Å². The standard InChI is InChI=1S/C16H17NO2S/c1-3-7-11(4-2)17-10-13-12-8-5-6-9-14(12)20-15(13)16(18)19/h2,5-6,8-9,11,17H,3,7,10H2,1H3,(H,18,19). The summed E-state index contributed by atoms with van der Waals surface area (Å²) in [5, 5.41) is 13.6. The predicted molar refractivity (Wildman–Crippen MR) is 83.2 cm³/mol. The Bertz CT molecular complexity index is 654. The molecule has 1 aromatic heterocycles. The minimum absolute atomic E-state index is 0.0136. The van der Waals surface area contributed by atoms with E-state index in [0.29, 0.717) is 11.4 Å². The maximum Gasteiger partial charge on any atom is 0.346 e. The first kappa shape index (κ1) is 14.6. The summed E-state index contributed by atoms with van der Waals surface area (Å²) in [6, 6.07) is 7.73. The largest absolute Gasteiger partial charge is 0.477 e. The van der Waals surface area contributed by atoms with E-state index in [2.05, 4.69) is 18.2 Å². The molecule has 0 aliphatic carbocycles. The Morgan fingerprint density at radius 1 is 1.50 bits per heavy atom. The number of carboxylic acids is 1. The van der Waals surface area contributed by atoms with Crippen molar-refractivity contribution in [2.24, 2.45) is 0 Å². The van der Waals surface area contributed by atoms with Gasteiger partial charge in [0.2, 0.25) is 0 Å². The fourth-order valence-electron chi connectivity index (χ4n) is 2.21. The van der Waals surface area contributed by atoms with Gasteiger partial charge in [-0.05, 0) is 23.4 Å². The van der Waals surface area contributed by atoms with E-state index in [4.69, 9.17) is 6.42 Å². The Hall–Kier alpha value is -1.83. The van der Waals surface area contributed by atoms with E-state index in [0.717, 1.165) is 28.5 Å². The maximum atomic E-state index is 11.4. The number of nitrogens with one attached hydrogen (secondary N) is 1. The quantitative estimate of drug-likeness (QED) is 0.800. The van der Waals surface area contributed by atoms with Crippen LogP contribution in [-0.4, -0.2) is 17.1 Å². The average molecular weight is 287 g/mol. The molecular weight excluding hydrogens is 270 g/mol. The lowest BCUT2D eigenvalue weighted by atomic mass is 10.1. The van der Waals surface area contributed by atoms with E-state index >= 15 is 0 Å². The highest BCUT2D eigenvalue weighted by Crippen LogP contribution is 2.31. The van der Waals surface area contributed by atoms with Crippen LogP contribution in [0.1, 0.15) is 35.0 Å². The van der Waals surface area contributed by atoms with Crippen LogP contribution in [0.5, 0.6) is 0 Å². The van der Waals surface area contributed by atoms with E-state index in [1.165, 1.54) is 11.3 Å². The monoisotopic (exact) mass is 287 g/mol. The zero-order valence-electron chi connectivity index (χ0n) is 11.3. The summed E-state index contributed by atoms with van der Waals surface area (Å²) in [4.78, 5) is 11.8. The van der Waals surface area contributed by atoms with Gasteiger partial charge in [0.25, 0.3) is 0 Å². The first-order chi connectivity index (χ1) is 9.67. The molecule has 1 atom stereocenters. The minimum Gasteiger partial charge on any atom is -0.477 e. The number of hydrogen-bond donors (Lipinski definition) is 2. The smallest absolute Gasteiger partial charge is 0.346 e. The van der Waals surface area contributed by atoms with Gasteiger partial charge in [-0.3, -0.25) is 5.32 Å². The SMILES string of the molecule is C#CC(CCC)NCc1c(C(=O)O)sc2ccccc12. The number of rotatable bonds is 6. The van der Waals surface area contributed by atoms with Gasteiger partial charge in [0.1, 0.15) is 4.88 Å². The van der Waals surface area contributed by atoms with E-state index in [9.17, 15) is 9.90 Å². The Kier molecular flexibility index (Phi) is 4.78. The van der Waals surface area contributed by atoms with Crippen molar-refractivity contribution >= 4 is 27.4 Å². The third-order valence-corrected chi connectivity index (χ3v) is 4.40. The Morgan fingerprint density at radius 3 is 2.90 bits per heavy atom. The van der Waals surface area contributed by atoms with Crippen LogP contribution < -0.4 is 5.32 Å². The molecular formula is C16H17NO2S. The number of carboxylic acid groups (broad SMARTS) is 1. The van der Waals surface area contributed by atoms with Gasteiger partial charge in [-0.25, -0.2) is 4.79 Å². The fraction of sp³-hybridized carbons (Fsp3) is 0.312. The molecule has 0 fully saturated rings. The molecule has 0 aliphatic rings. The lowest BCUT2D eigenvalue weighted by Gasteiger charge is -2.12. The normalized spacial score (nSPS) is 12.2.